The van der Waals surface area contributed by atoms with Gasteiger partial charge >= 0.3 is 18.1 Å². The van der Waals surface area contributed by atoms with Crippen molar-refractivity contribution in [2.24, 2.45) is 0 Å². The van der Waals surface area contributed by atoms with Crippen LogP contribution in [0.3, 0.4) is 0 Å². The number of alkyl halides is 4. The summed E-state index contributed by atoms with van der Waals surface area (Å²) in [4.78, 5) is 25.3. The molecule has 0 N–H and O–H groups in total. The van der Waals surface area contributed by atoms with Gasteiger partial charge in [-0.15, -0.1) is 26.3 Å². The minimum absolute atomic E-state index is 0.121. The van der Waals surface area contributed by atoms with Gasteiger partial charge in [0.05, 0.1) is 0 Å². The maximum Gasteiger partial charge on any atom is 0.441 e. The van der Waals surface area contributed by atoms with Gasteiger partial charge in [-0.25, -0.2) is 4.74 Å². The second-order valence-corrected chi connectivity index (χ2v) is 5.41. The van der Waals surface area contributed by atoms with Gasteiger partial charge in [0.25, 0.3) is 0 Å². The Kier molecular flexibility index (Phi) is 11.0. The number of ether oxygens (including phenoxy) is 2. The van der Waals surface area contributed by atoms with E-state index in [1.54, 1.807) is 0 Å². The Morgan fingerprint density at radius 3 is 1.68 bits per heavy atom. The van der Waals surface area contributed by atoms with Gasteiger partial charge in [0, 0.05) is 26.2 Å². The van der Waals surface area contributed by atoms with Crippen molar-refractivity contribution in [1.82, 2.24) is 9.80 Å². The largest absolute Gasteiger partial charge is 0.441 e. The summed E-state index contributed by atoms with van der Waals surface area (Å²) in [5.74, 6) is -2.66. The summed E-state index contributed by atoms with van der Waals surface area (Å²) in [5, 5.41) is 0. The van der Waals surface area contributed by atoms with Crippen LogP contribution in [0, 0.1) is 0 Å². The summed E-state index contributed by atoms with van der Waals surface area (Å²) in [7, 11) is 0. The van der Waals surface area contributed by atoms with Crippen molar-refractivity contribution in [2.75, 3.05) is 39.4 Å². The molecule has 0 heterocycles. The minimum atomic E-state index is -4.82. The maximum atomic E-state index is 13.8. The van der Waals surface area contributed by atoms with Crippen LogP contribution < -0.4 is 0 Å². The number of halogens is 4. The Bertz CT molecular complexity index is 562. The lowest BCUT2D eigenvalue weighted by Crippen LogP contribution is -2.49. The lowest BCUT2D eigenvalue weighted by Gasteiger charge is -2.27. The molecule has 0 rings (SSSR count). The molecule has 28 heavy (non-hydrogen) atoms. The molecule has 2 amide bonds. The van der Waals surface area contributed by atoms with Crippen molar-refractivity contribution in [3.63, 3.8) is 0 Å². The van der Waals surface area contributed by atoms with Gasteiger partial charge in [-0.3, -0.25) is 9.59 Å². The quantitative estimate of drug-likeness (QED) is 0.309. The van der Waals surface area contributed by atoms with Gasteiger partial charge in [-0.05, 0) is 0 Å². The fraction of sp³-hybridized carbons (Fsp3) is 0.444. The van der Waals surface area contributed by atoms with E-state index in [-0.39, 0.29) is 26.2 Å². The molecule has 0 aromatic carbocycles. The van der Waals surface area contributed by atoms with Crippen molar-refractivity contribution in [3.05, 3.63) is 50.6 Å². The molecule has 0 saturated carbocycles. The monoisotopic (exact) mass is 408 g/mol. The van der Waals surface area contributed by atoms with Crippen molar-refractivity contribution in [3.8, 4) is 0 Å². The lowest BCUT2D eigenvalue weighted by atomic mass is 10.4. The smallest absolute Gasteiger partial charge is 0.363 e. The number of hydrogen-bond donors (Lipinski definition) is 0. The normalized spacial score (nSPS) is 11.4. The molecule has 0 radical (unpaired) electrons. The summed E-state index contributed by atoms with van der Waals surface area (Å²) in [5.41, 5.74) is 0. The molecule has 0 aromatic rings. The molecule has 0 atom stereocenters. The molecule has 0 spiro atoms. The average Bonchev–Trinajstić information content (AvgIpc) is 2.59. The summed E-state index contributed by atoms with van der Waals surface area (Å²) in [6.07, 6.45) is -4.24. The average molecular weight is 408 g/mol. The van der Waals surface area contributed by atoms with Crippen LogP contribution in [-0.2, 0) is 19.1 Å². The highest BCUT2D eigenvalue weighted by molar-refractivity contribution is 5.82. The van der Waals surface area contributed by atoms with Gasteiger partial charge in [0.2, 0.25) is 5.91 Å². The molecule has 0 fully saturated rings. The first-order valence-electron chi connectivity index (χ1n) is 8.08. The third kappa shape index (κ3) is 8.96. The summed E-state index contributed by atoms with van der Waals surface area (Å²) in [6, 6.07) is 0. The van der Waals surface area contributed by atoms with Crippen LogP contribution in [-0.4, -0.2) is 73.2 Å². The van der Waals surface area contributed by atoms with Crippen LogP contribution in [0.15, 0.2) is 50.6 Å². The Morgan fingerprint density at radius 1 is 0.821 bits per heavy atom. The van der Waals surface area contributed by atoms with Gasteiger partial charge in [-0.2, -0.15) is 17.6 Å². The molecule has 0 aliphatic carbocycles. The number of amides is 2. The third-order valence-corrected chi connectivity index (χ3v) is 3.06. The molecule has 10 heteroatoms. The van der Waals surface area contributed by atoms with Crippen LogP contribution in [0.5, 0.6) is 0 Å². The zero-order chi connectivity index (χ0) is 21.8. The van der Waals surface area contributed by atoms with Crippen molar-refractivity contribution < 1.29 is 36.6 Å². The SMILES string of the molecule is C=CCN(CC=C)C(=O)COCC(F)(F)OC(F)(F)C(=O)N(CC=C)CC=C. The van der Waals surface area contributed by atoms with E-state index < -0.39 is 37.2 Å². The predicted octanol–water partition coefficient (Wildman–Crippen LogP) is 2.61. The van der Waals surface area contributed by atoms with E-state index in [1.165, 1.54) is 17.1 Å². The Labute approximate surface area is 161 Å². The molecular weight excluding hydrogens is 384 g/mol. The van der Waals surface area contributed by atoms with E-state index in [0.29, 0.717) is 4.90 Å². The van der Waals surface area contributed by atoms with E-state index >= 15 is 0 Å². The molecule has 158 valence electrons. The maximum absolute atomic E-state index is 13.8. The molecule has 0 bridgehead atoms. The van der Waals surface area contributed by atoms with E-state index in [4.69, 9.17) is 0 Å². The van der Waals surface area contributed by atoms with Crippen LogP contribution in [0.1, 0.15) is 0 Å². The standard InChI is InChI=1S/C18H24F4N2O4/c1-5-9-23(10-6-2)15(25)13-27-14-17(19,20)28-18(21,22)16(26)24(11-7-3)12-8-4/h5-8H,1-4,9-14H2. The fourth-order valence-corrected chi connectivity index (χ4v) is 1.94. The molecule has 6 nitrogen and oxygen atoms in total. The first kappa shape index (κ1) is 25.5. The molecule has 0 aliphatic rings. The number of hydrogen-bond acceptors (Lipinski definition) is 4. The van der Waals surface area contributed by atoms with E-state index in [2.05, 4.69) is 35.8 Å². The highest BCUT2D eigenvalue weighted by Gasteiger charge is 2.51. The third-order valence-electron chi connectivity index (χ3n) is 3.06. The Hall–Kier alpha value is -2.46. The van der Waals surface area contributed by atoms with Crippen molar-refractivity contribution >= 4 is 11.8 Å². The fourth-order valence-electron chi connectivity index (χ4n) is 1.94. The summed E-state index contributed by atoms with van der Waals surface area (Å²) < 4.78 is 62.8. The molecule has 0 aromatic heterocycles. The Balaban J connectivity index is 4.83. The number of carbonyl (C=O) groups is 2. The first-order chi connectivity index (χ1) is 13.0. The Morgan fingerprint density at radius 2 is 1.25 bits per heavy atom. The van der Waals surface area contributed by atoms with Crippen LogP contribution in [0.2, 0.25) is 0 Å². The van der Waals surface area contributed by atoms with Crippen LogP contribution in [0.4, 0.5) is 17.6 Å². The summed E-state index contributed by atoms with van der Waals surface area (Å²) >= 11 is 0. The second-order valence-electron chi connectivity index (χ2n) is 5.41. The van der Waals surface area contributed by atoms with Crippen molar-refractivity contribution in [1.29, 1.82) is 0 Å². The summed E-state index contributed by atoms with van der Waals surface area (Å²) in [6.45, 7) is 10.6. The van der Waals surface area contributed by atoms with Crippen LogP contribution in [0.25, 0.3) is 0 Å². The van der Waals surface area contributed by atoms with Gasteiger partial charge in [-0.1, -0.05) is 24.3 Å². The first-order valence-corrected chi connectivity index (χ1v) is 8.08. The van der Waals surface area contributed by atoms with E-state index in [9.17, 15) is 27.2 Å². The molecule has 0 unspecified atom stereocenters. The molecule has 0 saturated heterocycles. The predicted molar refractivity (Wildman–Crippen MR) is 95.7 cm³/mol. The number of rotatable bonds is 15. The van der Waals surface area contributed by atoms with Gasteiger partial charge in [0.15, 0.2) is 0 Å². The number of nitrogens with zero attached hydrogens (tertiary/aromatic N) is 2. The van der Waals surface area contributed by atoms with Crippen LogP contribution >= 0.6 is 0 Å². The highest BCUT2D eigenvalue weighted by Crippen LogP contribution is 2.29. The van der Waals surface area contributed by atoms with Gasteiger partial charge in [0.1, 0.15) is 13.2 Å². The molecular formula is C18H24F4N2O4. The molecule has 0 aliphatic heterocycles. The van der Waals surface area contributed by atoms with E-state index in [0.717, 1.165) is 12.2 Å². The van der Waals surface area contributed by atoms with E-state index in [1.807, 2.05) is 0 Å². The highest BCUT2D eigenvalue weighted by atomic mass is 19.3. The zero-order valence-corrected chi connectivity index (χ0v) is 15.4. The van der Waals surface area contributed by atoms with Gasteiger partial charge < -0.3 is 14.5 Å². The minimum Gasteiger partial charge on any atom is -0.363 e. The lowest BCUT2D eigenvalue weighted by molar-refractivity contribution is -0.370. The number of carbonyl (C=O) groups excluding carboxylic acids is 2. The topological polar surface area (TPSA) is 59.1 Å². The zero-order valence-electron chi connectivity index (χ0n) is 15.4. The second kappa shape index (κ2) is 12.1. The van der Waals surface area contributed by atoms with Crippen molar-refractivity contribution in [2.45, 2.75) is 12.2 Å².